The first-order valence-corrected chi connectivity index (χ1v) is 20.6. The van der Waals surface area contributed by atoms with Crippen LogP contribution < -0.4 is 0 Å². The van der Waals surface area contributed by atoms with Gasteiger partial charge >= 0.3 is 11.9 Å². The highest BCUT2D eigenvalue weighted by atomic mass is 16.8. The predicted molar refractivity (Wildman–Crippen MR) is 200 cm³/mol. The van der Waals surface area contributed by atoms with Gasteiger partial charge in [0.2, 0.25) is 0 Å². The fraction of sp³-hybridized carbons (Fsp3) is 0.857. The number of rotatable bonds is 7. The number of aliphatic hydroxyl groups excluding tert-OH is 7. The molecule has 0 radical (unpaired) electrons. The molecule has 0 aromatic rings. The average Bonchev–Trinajstić information content (AvgIpc) is 3.13. The van der Waals surface area contributed by atoms with Crippen molar-refractivity contribution in [1.82, 2.24) is 0 Å². The summed E-state index contributed by atoms with van der Waals surface area (Å²) in [4.78, 5) is 24.0. The first-order chi connectivity index (χ1) is 26.4. The summed E-state index contributed by atoms with van der Waals surface area (Å²) in [6.07, 6.45) is -9.26. The smallest absolute Gasteiger partial charge is 0.335 e. The Balaban J connectivity index is 1.17. The van der Waals surface area contributed by atoms with E-state index in [1.54, 1.807) is 0 Å². The van der Waals surface area contributed by atoms with E-state index >= 15 is 0 Å². The molecule has 6 fully saturated rings. The fourth-order valence-corrected chi connectivity index (χ4v) is 12.9. The molecular weight excluding hydrogens is 744 g/mol. The molecule has 2 aliphatic heterocycles. The van der Waals surface area contributed by atoms with E-state index in [0.29, 0.717) is 19.3 Å². The summed E-state index contributed by atoms with van der Waals surface area (Å²) < 4.78 is 23.5. The third-order valence-corrected chi connectivity index (χ3v) is 17.0. The van der Waals surface area contributed by atoms with E-state index in [-0.39, 0.29) is 40.1 Å². The van der Waals surface area contributed by atoms with Gasteiger partial charge in [-0.1, -0.05) is 71.8 Å². The van der Waals surface area contributed by atoms with Gasteiger partial charge in [-0.3, -0.25) is 0 Å². The van der Waals surface area contributed by atoms with Crippen molar-refractivity contribution < 1.29 is 74.5 Å². The Morgan fingerprint density at radius 3 is 1.93 bits per heavy atom. The number of hydrogen-bond acceptors (Lipinski definition) is 13. The second kappa shape index (κ2) is 14.3. The Labute approximate surface area is 333 Å². The van der Waals surface area contributed by atoms with Gasteiger partial charge in [-0.15, -0.1) is 0 Å². The molecule has 0 amide bonds. The lowest BCUT2D eigenvalue weighted by Gasteiger charge is -2.69. The predicted octanol–water partition coefficient (Wildman–Crippen LogP) is 1.87. The van der Waals surface area contributed by atoms with Gasteiger partial charge in [-0.05, 0) is 90.3 Å². The molecule has 2 heterocycles. The standard InChI is InChI=1S/C42H64O15/c1-37(2)21-10-13-42(7)22(9-8-19-20-16-39(4,18-43)23(44)17-38(20,3)14-15-41(19,42)6)40(21,5)12-11-24(37)54-36-32(28(48)27(47)31(56-36)34(52)53)57-35-29(49)25(45)26(46)30(55-35)33(50)51/h8-9,20-21,23-32,35-36,43-49H,10-18H2,1-7H3,(H,50,51)(H,52,53). The molecule has 322 valence electrons. The molecule has 7 rings (SSSR count). The second-order valence-corrected chi connectivity index (χ2v) is 20.4. The van der Waals surface area contributed by atoms with Gasteiger partial charge in [0.15, 0.2) is 24.8 Å². The van der Waals surface area contributed by atoms with Crippen molar-refractivity contribution in [3.63, 3.8) is 0 Å². The van der Waals surface area contributed by atoms with Gasteiger partial charge in [0.05, 0.1) is 18.8 Å². The maximum absolute atomic E-state index is 12.2. The molecule has 4 saturated carbocycles. The Hall–Kier alpha value is -2.02. The van der Waals surface area contributed by atoms with Crippen LogP contribution >= 0.6 is 0 Å². The largest absolute Gasteiger partial charge is 0.479 e. The van der Waals surface area contributed by atoms with E-state index in [4.69, 9.17) is 18.9 Å². The molecule has 0 aromatic carbocycles. The van der Waals surface area contributed by atoms with Crippen molar-refractivity contribution >= 4 is 11.9 Å². The zero-order valence-electron chi connectivity index (χ0n) is 34.1. The third kappa shape index (κ3) is 6.31. The lowest BCUT2D eigenvalue weighted by Crippen LogP contribution is -2.66. The zero-order valence-corrected chi connectivity index (χ0v) is 34.1. The zero-order chi connectivity index (χ0) is 42.0. The van der Waals surface area contributed by atoms with Crippen molar-refractivity contribution in [3.8, 4) is 0 Å². The van der Waals surface area contributed by atoms with Crippen molar-refractivity contribution in [2.45, 2.75) is 173 Å². The van der Waals surface area contributed by atoms with Crippen LogP contribution in [0.15, 0.2) is 23.3 Å². The van der Waals surface area contributed by atoms with E-state index < -0.39 is 96.4 Å². The molecule has 5 aliphatic carbocycles. The summed E-state index contributed by atoms with van der Waals surface area (Å²) >= 11 is 0. The minimum Gasteiger partial charge on any atom is -0.479 e. The maximum atomic E-state index is 12.2. The number of hydrogen-bond donors (Lipinski definition) is 9. The van der Waals surface area contributed by atoms with Crippen LogP contribution in [0.25, 0.3) is 0 Å². The number of carbonyl (C=O) groups is 2. The van der Waals surface area contributed by atoms with E-state index in [9.17, 15) is 55.5 Å². The lowest BCUT2D eigenvalue weighted by atomic mass is 9.36. The average molecular weight is 809 g/mol. The molecule has 7 aliphatic rings. The van der Waals surface area contributed by atoms with Crippen LogP contribution in [0, 0.1) is 44.3 Å². The normalized spacial score (nSPS) is 53.2. The summed E-state index contributed by atoms with van der Waals surface area (Å²) in [5.74, 6) is -2.89. The number of allylic oxidation sites excluding steroid dienone is 4. The maximum Gasteiger partial charge on any atom is 0.335 e. The Bertz CT molecular complexity index is 1660. The van der Waals surface area contributed by atoms with Gasteiger partial charge in [0.25, 0.3) is 0 Å². The molecule has 0 spiro atoms. The van der Waals surface area contributed by atoms with Crippen LogP contribution in [0.5, 0.6) is 0 Å². The van der Waals surface area contributed by atoms with Crippen molar-refractivity contribution in [1.29, 1.82) is 0 Å². The molecule has 9 N–H and O–H groups in total. The van der Waals surface area contributed by atoms with Crippen LogP contribution in [0.1, 0.15) is 99.8 Å². The molecule has 19 unspecified atom stereocenters. The number of carboxylic acids is 2. The topological polar surface area (TPSA) is 253 Å². The number of fused-ring (bicyclic) bond motifs is 7. The van der Waals surface area contributed by atoms with Crippen molar-refractivity contribution in [2.24, 2.45) is 44.3 Å². The molecule has 2 saturated heterocycles. The minimum atomic E-state index is -2.01. The molecule has 0 bridgehead atoms. The molecule has 0 aromatic heterocycles. The lowest BCUT2D eigenvalue weighted by molar-refractivity contribution is -0.370. The van der Waals surface area contributed by atoms with Crippen LogP contribution in [0.2, 0.25) is 0 Å². The third-order valence-electron chi connectivity index (χ3n) is 17.0. The van der Waals surface area contributed by atoms with Crippen LogP contribution in [-0.4, -0.2) is 138 Å². The molecule has 15 nitrogen and oxygen atoms in total. The Morgan fingerprint density at radius 2 is 1.32 bits per heavy atom. The summed E-state index contributed by atoms with van der Waals surface area (Å²) in [5.41, 5.74) is 1.07. The van der Waals surface area contributed by atoms with Gasteiger partial charge in [-0.2, -0.15) is 0 Å². The van der Waals surface area contributed by atoms with Crippen LogP contribution in [-0.2, 0) is 28.5 Å². The first kappa shape index (κ1) is 43.1. The monoisotopic (exact) mass is 808 g/mol. The van der Waals surface area contributed by atoms with E-state index in [1.165, 1.54) is 11.1 Å². The highest BCUT2D eigenvalue weighted by Gasteiger charge is 2.67. The fourth-order valence-electron chi connectivity index (χ4n) is 12.9. The molecule has 19 atom stereocenters. The van der Waals surface area contributed by atoms with E-state index in [1.807, 2.05) is 6.92 Å². The molecular formula is C42H64O15. The quantitative estimate of drug-likeness (QED) is 0.167. The first-order valence-electron chi connectivity index (χ1n) is 20.6. The van der Waals surface area contributed by atoms with E-state index in [2.05, 4.69) is 53.7 Å². The summed E-state index contributed by atoms with van der Waals surface area (Å²) in [5, 5.41) is 94.3. The van der Waals surface area contributed by atoms with E-state index in [0.717, 1.165) is 32.1 Å². The van der Waals surface area contributed by atoms with Gasteiger partial charge in [0.1, 0.15) is 36.6 Å². The van der Waals surface area contributed by atoms with Crippen molar-refractivity contribution in [2.75, 3.05) is 6.61 Å². The Morgan fingerprint density at radius 1 is 0.702 bits per heavy atom. The number of aliphatic carboxylic acids is 2. The molecule has 15 heteroatoms. The number of ether oxygens (including phenoxy) is 4. The van der Waals surface area contributed by atoms with Crippen LogP contribution in [0.3, 0.4) is 0 Å². The number of aliphatic hydroxyl groups is 7. The highest BCUT2D eigenvalue weighted by Crippen LogP contribution is 2.74. The highest BCUT2D eigenvalue weighted by molar-refractivity contribution is 5.74. The van der Waals surface area contributed by atoms with Gasteiger partial charge < -0.3 is 64.9 Å². The molecule has 57 heavy (non-hydrogen) atoms. The SMILES string of the molecule is CC1(CO)CC2C3=CC=C4C5(C)CCC(OC6OC(C(=O)O)C(O)C(O)C6OC6OC(C(=O)O)C(O)C(O)C6O)C(C)(C)C5CCC4(C)C3(C)CCC2(C)CC1O. The summed E-state index contributed by atoms with van der Waals surface area (Å²) in [6, 6.07) is 0. The van der Waals surface area contributed by atoms with Gasteiger partial charge in [0, 0.05) is 5.41 Å². The minimum absolute atomic E-state index is 0.0636. The summed E-state index contributed by atoms with van der Waals surface area (Å²) in [6.45, 7) is 15.6. The summed E-state index contributed by atoms with van der Waals surface area (Å²) in [7, 11) is 0. The number of carboxylic acid groups (broad SMARTS) is 2. The van der Waals surface area contributed by atoms with Crippen LogP contribution in [0.4, 0.5) is 0 Å². The Kier molecular flexibility index (Phi) is 10.8. The van der Waals surface area contributed by atoms with Crippen molar-refractivity contribution in [3.05, 3.63) is 23.3 Å². The van der Waals surface area contributed by atoms with Gasteiger partial charge in [-0.25, -0.2) is 9.59 Å². The second-order valence-electron chi connectivity index (χ2n) is 20.4.